The summed E-state index contributed by atoms with van der Waals surface area (Å²) < 4.78 is 5.85. The van der Waals surface area contributed by atoms with Crippen molar-refractivity contribution < 1.29 is 4.74 Å². The van der Waals surface area contributed by atoms with E-state index in [-0.39, 0.29) is 5.41 Å². The van der Waals surface area contributed by atoms with E-state index in [1.165, 1.54) is 24.8 Å². The van der Waals surface area contributed by atoms with Crippen LogP contribution in [0.2, 0.25) is 0 Å². The average molecular weight is 277 g/mol. The van der Waals surface area contributed by atoms with Crippen LogP contribution in [0.15, 0.2) is 24.3 Å². The van der Waals surface area contributed by atoms with Gasteiger partial charge in [-0.1, -0.05) is 39.8 Å². The van der Waals surface area contributed by atoms with Gasteiger partial charge in [0.1, 0.15) is 5.75 Å². The Hall–Kier alpha value is -1.02. The van der Waals surface area contributed by atoms with Gasteiger partial charge >= 0.3 is 0 Å². The maximum atomic E-state index is 5.85. The fraction of sp³-hybridized carbons (Fsp3) is 0.667. The smallest absolute Gasteiger partial charge is 0.119 e. The maximum Gasteiger partial charge on any atom is 0.119 e. The summed E-state index contributed by atoms with van der Waals surface area (Å²) in [6.45, 7) is 12.0. The molecule has 0 atom stereocenters. The normalized spacial score (nSPS) is 11.6. The van der Waals surface area contributed by atoms with Crippen molar-refractivity contribution in [3.63, 3.8) is 0 Å². The average Bonchev–Trinajstić information content (AvgIpc) is 2.41. The van der Waals surface area contributed by atoms with E-state index in [2.05, 4.69) is 57.3 Å². The van der Waals surface area contributed by atoms with Crippen molar-refractivity contribution in [1.82, 2.24) is 5.32 Å². The minimum absolute atomic E-state index is 0.185. The molecule has 114 valence electrons. The van der Waals surface area contributed by atoms with Crippen LogP contribution in [-0.4, -0.2) is 19.7 Å². The largest absolute Gasteiger partial charge is 0.494 e. The van der Waals surface area contributed by atoms with Crippen LogP contribution in [0.5, 0.6) is 5.75 Å². The maximum absolute atomic E-state index is 5.85. The van der Waals surface area contributed by atoms with E-state index in [4.69, 9.17) is 4.74 Å². The molecular weight excluding hydrogens is 246 g/mol. The second-order valence-corrected chi connectivity index (χ2v) is 6.44. The Kier molecular flexibility index (Phi) is 7.68. The molecule has 0 aromatic heterocycles. The molecule has 0 heterocycles. The molecule has 0 radical (unpaired) electrons. The van der Waals surface area contributed by atoms with Crippen LogP contribution in [0, 0.1) is 0 Å². The molecule has 0 spiro atoms. The first kappa shape index (κ1) is 17.0. The van der Waals surface area contributed by atoms with Gasteiger partial charge < -0.3 is 10.1 Å². The second-order valence-electron chi connectivity index (χ2n) is 6.44. The number of ether oxygens (including phenoxy) is 1. The topological polar surface area (TPSA) is 21.3 Å². The van der Waals surface area contributed by atoms with Crippen LogP contribution in [0.1, 0.15) is 58.9 Å². The molecule has 2 heteroatoms. The standard InChI is InChI=1S/C18H31NO/c1-5-12-19-13-7-6-8-14-20-17-11-9-10-16(15-17)18(2,3)4/h9-11,15,19H,5-8,12-14H2,1-4H3. The summed E-state index contributed by atoms with van der Waals surface area (Å²) in [5, 5.41) is 3.43. The Morgan fingerprint density at radius 2 is 1.85 bits per heavy atom. The lowest BCUT2D eigenvalue weighted by molar-refractivity contribution is 0.304. The SMILES string of the molecule is CCCNCCCCCOc1cccc(C(C)(C)C)c1. The molecule has 0 saturated carbocycles. The van der Waals surface area contributed by atoms with E-state index >= 15 is 0 Å². The molecule has 1 N–H and O–H groups in total. The van der Waals surface area contributed by atoms with Gasteiger partial charge in [-0.25, -0.2) is 0 Å². The first-order valence-electron chi connectivity index (χ1n) is 7.98. The highest BCUT2D eigenvalue weighted by Gasteiger charge is 2.13. The van der Waals surface area contributed by atoms with Crippen LogP contribution in [0.25, 0.3) is 0 Å². The fourth-order valence-corrected chi connectivity index (χ4v) is 2.07. The zero-order valence-electron chi connectivity index (χ0n) is 13.7. The van der Waals surface area contributed by atoms with E-state index in [1.54, 1.807) is 0 Å². The van der Waals surface area contributed by atoms with E-state index in [1.807, 2.05) is 0 Å². The summed E-state index contributed by atoms with van der Waals surface area (Å²) in [4.78, 5) is 0. The Bertz CT molecular complexity index is 368. The molecule has 0 saturated heterocycles. The Morgan fingerprint density at radius 1 is 1.05 bits per heavy atom. The first-order chi connectivity index (χ1) is 9.54. The van der Waals surface area contributed by atoms with Gasteiger partial charge in [0.2, 0.25) is 0 Å². The van der Waals surface area contributed by atoms with Crippen molar-refractivity contribution >= 4 is 0 Å². The third kappa shape index (κ3) is 6.95. The first-order valence-corrected chi connectivity index (χ1v) is 7.98. The Morgan fingerprint density at radius 3 is 2.55 bits per heavy atom. The quantitative estimate of drug-likeness (QED) is 0.669. The molecule has 0 aliphatic heterocycles. The van der Waals surface area contributed by atoms with Gasteiger partial charge in [0.25, 0.3) is 0 Å². The van der Waals surface area contributed by atoms with Gasteiger partial charge in [-0.15, -0.1) is 0 Å². The molecule has 2 nitrogen and oxygen atoms in total. The van der Waals surface area contributed by atoms with E-state index in [0.29, 0.717) is 0 Å². The molecule has 0 aliphatic carbocycles. The van der Waals surface area contributed by atoms with Crippen molar-refractivity contribution in [2.45, 2.75) is 58.8 Å². The lowest BCUT2D eigenvalue weighted by Crippen LogP contribution is -2.15. The number of rotatable bonds is 9. The minimum atomic E-state index is 0.185. The highest BCUT2D eigenvalue weighted by molar-refractivity contribution is 5.32. The predicted octanol–water partition coefficient (Wildman–Crippen LogP) is 4.53. The van der Waals surface area contributed by atoms with Crippen molar-refractivity contribution in [3.05, 3.63) is 29.8 Å². The number of unbranched alkanes of at least 4 members (excludes halogenated alkanes) is 2. The molecule has 1 aromatic rings. The zero-order valence-corrected chi connectivity index (χ0v) is 13.7. The Balaban J connectivity index is 2.19. The van der Waals surface area contributed by atoms with Crippen LogP contribution in [-0.2, 0) is 5.41 Å². The molecule has 0 aliphatic rings. The third-order valence-electron chi connectivity index (χ3n) is 3.39. The van der Waals surface area contributed by atoms with Gasteiger partial charge in [-0.05, 0) is 61.9 Å². The molecule has 0 amide bonds. The summed E-state index contributed by atoms with van der Waals surface area (Å²) in [5.74, 6) is 1.00. The van der Waals surface area contributed by atoms with Gasteiger partial charge in [0, 0.05) is 0 Å². The lowest BCUT2D eigenvalue weighted by Gasteiger charge is -2.19. The molecule has 0 bridgehead atoms. The van der Waals surface area contributed by atoms with Crippen LogP contribution >= 0.6 is 0 Å². The molecule has 1 rings (SSSR count). The molecular formula is C18H31NO. The highest BCUT2D eigenvalue weighted by atomic mass is 16.5. The van der Waals surface area contributed by atoms with Gasteiger partial charge in [0.05, 0.1) is 6.61 Å². The Labute approximate surface area is 124 Å². The summed E-state index contributed by atoms with van der Waals surface area (Å²) >= 11 is 0. The molecule has 0 fully saturated rings. The van der Waals surface area contributed by atoms with Crippen LogP contribution in [0.4, 0.5) is 0 Å². The molecule has 0 unspecified atom stereocenters. The van der Waals surface area contributed by atoms with Gasteiger partial charge in [-0.3, -0.25) is 0 Å². The minimum Gasteiger partial charge on any atom is -0.494 e. The third-order valence-corrected chi connectivity index (χ3v) is 3.39. The number of hydrogen-bond acceptors (Lipinski definition) is 2. The molecule has 1 aromatic carbocycles. The van der Waals surface area contributed by atoms with Gasteiger partial charge in [-0.2, -0.15) is 0 Å². The monoisotopic (exact) mass is 277 g/mol. The number of nitrogens with one attached hydrogen (secondary N) is 1. The second kappa shape index (κ2) is 9.02. The van der Waals surface area contributed by atoms with Crippen molar-refractivity contribution in [3.8, 4) is 5.75 Å². The summed E-state index contributed by atoms with van der Waals surface area (Å²) in [5.41, 5.74) is 1.52. The highest BCUT2D eigenvalue weighted by Crippen LogP contribution is 2.25. The lowest BCUT2D eigenvalue weighted by atomic mass is 9.87. The van der Waals surface area contributed by atoms with Crippen molar-refractivity contribution in [2.75, 3.05) is 19.7 Å². The summed E-state index contributed by atoms with van der Waals surface area (Å²) in [7, 11) is 0. The zero-order chi connectivity index (χ0) is 14.8. The van der Waals surface area contributed by atoms with E-state index < -0.39 is 0 Å². The summed E-state index contributed by atoms with van der Waals surface area (Å²) in [6.07, 6.45) is 4.82. The van der Waals surface area contributed by atoms with Crippen LogP contribution in [0.3, 0.4) is 0 Å². The van der Waals surface area contributed by atoms with Crippen LogP contribution < -0.4 is 10.1 Å². The number of benzene rings is 1. The van der Waals surface area contributed by atoms with Crippen molar-refractivity contribution in [2.24, 2.45) is 0 Å². The fourth-order valence-electron chi connectivity index (χ4n) is 2.07. The summed E-state index contributed by atoms with van der Waals surface area (Å²) in [6, 6.07) is 8.48. The van der Waals surface area contributed by atoms with E-state index in [0.717, 1.165) is 31.9 Å². The molecule has 20 heavy (non-hydrogen) atoms. The predicted molar refractivity (Wildman–Crippen MR) is 87.6 cm³/mol. The van der Waals surface area contributed by atoms with Gasteiger partial charge in [0.15, 0.2) is 0 Å². The number of hydrogen-bond donors (Lipinski definition) is 1. The van der Waals surface area contributed by atoms with Crippen molar-refractivity contribution in [1.29, 1.82) is 0 Å². The van der Waals surface area contributed by atoms with E-state index in [9.17, 15) is 0 Å².